The van der Waals surface area contributed by atoms with Crippen molar-refractivity contribution in [2.45, 2.75) is 18.4 Å². The van der Waals surface area contributed by atoms with E-state index in [0.717, 1.165) is 23.8 Å². The Hall–Kier alpha value is -2.52. The smallest absolute Gasteiger partial charge is 0.235 e. The van der Waals surface area contributed by atoms with E-state index < -0.39 is 5.54 Å². The van der Waals surface area contributed by atoms with Crippen LogP contribution < -0.4 is 0 Å². The minimum atomic E-state index is -0.576. The van der Waals surface area contributed by atoms with E-state index in [-0.39, 0.29) is 5.75 Å². The first-order chi connectivity index (χ1) is 9.27. The third kappa shape index (κ3) is 1.20. The zero-order valence-electron chi connectivity index (χ0n) is 9.84. The van der Waals surface area contributed by atoms with Gasteiger partial charge in [0.2, 0.25) is 6.08 Å². The SMILES string of the molecule is O=C=NC1(c2c3ccoc3c(O)c3ccoc23)CC1. The summed E-state index contributed by atoms with van der Waals surface area (Å²) in [5.41, 5.74) is 1.18. The summed E-state index contributed by atoms with van der Waals surface area (Å²) in [5, 5.41) is 11.5. The Balaban J connectivity index is 2.23. The van der Waals surface area contributed by atoms with Crippen molar-refractivity contribution in [3.63, 3.8) is 0 Å². The minimum absolute atomic E-state index is 0.0541. The average molecular weight is 255 g/mol. The summed E-state index contributed by atoms with van der Waals surface area (Å²) in [5.74, 6) is 0.0541. The number of hydrogen-bond acceptors (Lipinski definition) is 5. The summed E-state index contributed by atoms with van der Waals surface area (Å²) >= 11 is 0. The Labute approximate surface area is 107 Å². The summed E-state index contributed by atoms with van der Waals surface area (Å²) in [6, 6.07) is 3.43. The average Bonchev–Trinajstić information content (AvgIpc) is 2.85. The molecule has 4 rings (SSSR count). The molecule has 0 atom stereocenters. The summed E-state index contributed by atoms with van der Waals surface area (Å²) < 4.78 is 10.8. The van der Waals surface area contributed by atoms with Gasteiger partial charge in [0, 0.05) is 10.9 Å². The Kier molecular flexibility index (Phi) is 1.79. The summed E-state index contributed by atoms with van der Waals surface area (Å²) in [4.78, 5) is 14.6. The van der Waals surface area contributed by atoms with Gasteiger partial charge in [-0.05, 0) is 25.0 Å². The zero-order valence-corrected chi connectivity index (χ0v) is 9.84. The largest absolute Gasteiger partial charge is 0.504 e. The van der Waals surface area contributed by atoms with E-state index in [0.29, 0.717) is 16.6 Å². The first-order valence-corrected chi connectivity index (χ1v) is 5.96. The topological polar surface area (TPSA) is 75.9 Å². The fourth-order valence-electron chi connectivity index (χ4n) is 2.71. The molecule has 5 heteroatoms. The van der Waals surface area contributed by atoms with E-state index in [1.165, 1.54) is 12.5 Å². The maximum absolute atomic E-state index is 10.7. The molecule has 0 amide bonds. The van der Waals surface area contributed by atoms with Gasteiger partial charge in [0.15, 0.2) is 11.3 Å². The summed E-state index contributed by atoms with van der Waals surface area (Å²) in [7, 11) is 0. The number of nitrogens with zero attached hydrogens (tertiary/aromatic N) is 1. The highest BCUT2D eigenvalue weighted by Crippen LogP contribution is 2.55. The number of fused-ring (bicyclic) bond motifs is 2. The number of aromatic hydroxyl groups is 1. The molecule has 1 aromatic carbocycles. The van der Waals surface area contributed by atoms with Crippen molar-refractivity contribution < 1.29 is 18.7 Å². The van der Waals surface area contributed by atoms with Crippen LogP contribution >= 0.6 is 0 Å². The molecule has 0 spiro atoms. The maximum atomic E-state index is 10.7. The number of carbonyl (C=O) groups excluding carboxylic acids is 1. The first-order valence-electron chi connectivity index (χ1n) is 5.96. The molecule has 3 aromatic rings. The van der Waals surface area contributed by atoms with Gasteiger partial charge in [-0.15, -0.1) is 0 Å². The highest BCUT2D eigenvalue weighted by atomic mass is 16.4. The number of furan rings is 2. The third-order valence-electron chi connectivity index (χ3n) is 3.75. The summed E-state index contributed by atoms with van der Waals surface area (Å²) in [6.07, 6.45) is 6.19. The van der Waals surface area contributed by atoms with Crippen molar-refractivity contribution in [2.24, 2.45) is 4.99 Å². The van der Waals surface area contributed by atoms with Crippen molar-refractivity contribution in [2.75, 3.05) is 0 Å². The molecule has 0 aliphatic heterocycles. The highest BCUT2D eigenvalue weighted by molar-refractivity contribution is 6.05. The lowest BCUT2D eigenvalue weighted by atomic mass is 9.98. The van der Waals surface area contributed by atoms with Gasteiger partial charge in [-0.2, -0.15) is 4.99 Å². The monoisotopic (exact) mass is 255 g/mol. The van der Waals surface area contributed by atoms with Crippen molar-refractivity contribution in [1.82, 2.24) is 0 Å². The predicted molar refractivity (Wildman–Crippen MR) is 66.7 cm³/mol. The van der Waals surface area contributed by atoms with Crippen LogP contribution in [0.3, 0.4) is 0 Å². The Morgan fingerprint density at radius 3 is 2.53 bits per heavy atom. The van der Waals surface area contributed by atoms with Crippen molar-refractivity contribution in [1.29, 1.82) is 0 Å². The van der Waals surface area contributed by atoms with E-state index in [9.17, 15) is 9.90 Å². The molecule has 1 N–H and O–H groups in total. The number of isocyanates is 1. The van der Waals surface area contributed by atoms with Crippen LogP contribution in [-0.2, 0) is 10.3 Å². The molecule has 0 unspecified atom stereocenters. The van der Waals surface area contributed by atoms with Crippen LogP contribution in [0, 0.1) is 0 Å². The standard InChI is InChI=1S/C14H9NO4/c16-7-15-14(3-4-14)10-8-1-5-19-13(8)11(17)9-2-6-18-12(9)10/h1-2,5-6,17H,3-4H2. The molecule has 19 heavy (non-hydrogen) atoms. The fraction of sp³-hybridized carbons (Fsp3) is 0.214. The maximum Gasteiger partial charge on any atom is 0.235 e. The van der Waals surface area contributed by atoms with Gasteiger partial charge >= 0.3 is 0 Å². The van der Waals surface area contributed by atoms with Gasteiger partial charge in [0.05, 0.1) is 17.9 Å². The Morgan fingerprint density at radius 2 is 1.84 bits per heavy atom. The van der Waals surface area contributed by atoms with Crippen molar-refractivity contribution >= 4 is 28.0 Å². The van der Waals surface area contributed by atoms with Crippen molar-refractivity contribution in [3.05, 3.63) is 30.2 Å². The fourth-order valence-corrected chi connectivity index (χ4v) is 2.71. The molecule has 0 bridgehead atoms. The molecular weight excluding hydrogens is 246 g/mol. The second-order valence-corrected chi connectivity index (χ2v) is 4.79. The van der Waals surface area contributed by atoms with Crippen LogP contribution in [-0.4, -0.2) is 11.2 Å². The van der Waals surface area contributed by atoms with Crippen molar-refractivity contribution in [3.8, 4) is 5.75 Å². The first kappa shape index (κ1) is 10.4. The van der Waals surface area contributed by atoms with E-state index >= 15 is 0 Å². The Bertz CT molecular complexity index is 795. The number of benzene rings is 1. The molecule has 1 aliphatic carbocycles. The van der Waals surface area contributed by atoms with Crippen LogP contribution in [0.5, 0.6) is 5.75 Å². The van der Waals surface area contributed by atoms with Gasteiger partial charge in [0.25, 0.3) is 0 Å². The molecule has 2 heterocycles. The van der Waals surface area contributed by atoms with Gasteiger partial charge < -0.3 is 13.9 Å². The Morgan fingerprint density at radius 1 is 1.16 bits per heavy atom. The molecule has 0 saturated heterocycles. The van der Waals surface area contributed by atoms with Crippen LogP contribution in [0.4, 0.5) is 0 Å². The lowest BCUT2D eigenvalue weighted by Crippen LogP contribution is -2.03. The number of rotatable bonds is 2. The minimum Gasteiger partial charge on any atom is -0.504 e. The van der Waals surface area contributed by atoms with Crippen LogP contribution in [0.2, 0.25) is 0 Å². The molecule has 94 valence electrons. The van der Waals surface area contributed by atoms with Gasteiger partial charge in [0.1, 0.15) is 11.1 Å². The number of phenolic OH excluding ortho intramolecular Hbond substituents is 1. The zero-order chi connectivity index (χ0) is 13.0. The van der Waals surface area contributed by atoms with Crippen LogP contribution in [0.15, 0.2) is 38.5 Å². The molecule has 5 nitrogen and oxygen atoms in total. The second-order valence-electron chi connectivity index (χ2n) is 4.79. The van der Waals surface area contributed by atoms with E-state index in [1.54, 1.807) is 18.2 Å². The predicted octanol–water partition coefficient (Wildman–Crippen LogP) is 3.21. The molecular formula is C14H9NO4. The molecule has 0 radical (unpaired) electrons. The third-order valence-corrected chi connectivity index (χ3v) is 3.75. The summed E-state index contributed by atoms with van der Waals surface area (Å²) in [6.45, 7) is 0. The van der Waals surface area contributed by atoms with Crippen LogP contribution in [0.1, 0.15) is 18.4 Å². The number of phenols is 1. The quantitative estimate of drug-likeness (QED) is 0.563. The molecule has 1 fully saturated rings. The lowest BCUT2D eigenvalue weighted by molar-refractivity contribution is 0.470. The number of hydrogen-bond donors (Lipinski definition) is 1. The normalized spacial score (nSPS) is 16.6. The van der Waals surface area contributed by atoms with E-state index in [1.807, 2.05) is 0 Å². The molecule has 1 saturated carbocycles. The lowest BCUT2D eigenvalue weighted by Gasteiger charge is -2.11. The molecule has 1 aliphatic rings. The van der Waals surface area contributed by atoms with E-state index in [4.69, 9.17) is 8.83 Å². The second kappa shape index (κ2) is 3.28. The van der Waals surface area contributed by atoms with E-state index in [2.05, 4.69) is 4.99 Å². The molecule has 2 aromatic heterocycles. The van der Waals surface area contributed by atoms with Crippen LogP contribution in [0.25, 0.3) is 21.9 Å². The van der Waals surface area contributed by atoms with Gasteiger partial charge in [-0.25, -0.2) is 4.79 Å². The number of aliphatic imine (C=N–C) groups is 1. The highest BCUT2D eigenvalue weighted by Gasteiger charge is 2.48. The van der Waals surface area contributed by atoms with Gasteiger partial charge in [-0.1, -0.05) is 0 Å². The van der Waals surface area contributed by atoms with Gasteiger partial charge in [-0.3, -0.25) is 0 Å².